The molecule has 0 aliphatic heterocycles. The third-order valence-electron chi connectivity index (χ3n) is 2.74. The maximum atomic E-state index is 11.4. The van der Waals surface area contributed by atoms with Gasteiger partial charge in [-0.15, -0.1) is 0 Å². The lowest BCUT2D eigenvalue weighted by Crippen LogP contribution is -1.95. The maximum absolute atomic E-state index is 11.4. The van der Waals surface area contributed by atoms with Crippen LogP contribution in [0, 0.1) is 6.92 Å². The standard InChI is InChI=1S/C14H15NO2S2/c1-10-3-4-12(9-14(10)15)18-11-5-7-13(8-6-11)19(2,16)17/h3-9H,15H2,1-2H3. The lowest BCUT2D eigenvalue weighted by molar-refractivity contribution is 0.602. The molecule has 0 atom stereocenters. The minimum absolute atomic E-state index is 0.334. The van der Waals surface area contributed by atoms with Gasteiger partial charge < -0.3 is 5.73 Å². The van der Waals surface area contributed by atoms with Gasteiger partial charge in [-0.1, -0.05) is 17.8 Å². The highest BCUT2D eigenvalue weighted by Gasteiger charge is 2.06. The predicted molar refractivity (Wildman–Crippen MR) is 79.3 cm³/mol. The quantitative estimate of drug-likeness (QED) is 0.883. The van der Waals surface area contributed by atoms with Crippen LogP contribution in [0.3, 0.4) is 0 Å². The molecular weight excluding hydrogens is 278 g/mol. The molecule has 2 N–H and O–H groups in total. The van der Waals surface area contributed by atoms with Crippen LogP contribution in [0.2, 0.25) is 0 Å². The van der Waals surface area contributed by atoms with Crippen molar-refractivity contribution in [1.29, 1.82) is 0 Å². The van der Waals surface area contributed by atoms with Crippen LogP contribution >= 0.6 is 11.8 Å². The zero-order valence-electron chi connectivity index (χ0n) is 10.8. The number of rotatable bonds is 3. The van der Waals surface area contributed by atoms with Gasteiger partial charge in [0, 0.05) is 21.7 Å². The summed E-state index contributed by atoms with van der Waals surface area (Å²) in [5.41, 5.74) is 7.68. The van der Waals surface area contributed by atoms with Gasteiger partial charge in [-0.3, -0.25) is 0 Å². The smallest absolute Gasteiger partial charge is 0.175 e. The second kappa shape index (κ2) is 5.27. The number of nitrogen functional groups attached to an aromatic ring is 1. The predicted octanol–water partition coefficient (Wildman–Crippen LogP) is 3.13. The molecule has 19 heavy (non-hydrogen) atoms. The van der Waals surface area contributed by atoms with Gasteiger partial charge in [0.15, 0.2) is 9.84 Å². The summed E-state index contributed by atoms with van der Waals surface area (Å²) < 4.78 is 22.7. The number of nitrogens with two attached hydrogens (primary N) is 1. The second-order valence-corrected chi connectivity index (χ2v) is 7.53. The van der Waals surface area contributed by atoms with Crippen LogP contribution < -0.4 is 5.73 Å². The van der Waals surface area contributed by atoms with Crippen LogP contribution in [0.4, 0.5) is 5.69 Å². The van der Waals surface area contributed by atoms with E-state index in [0.717, 1.165) is 21.0 Å². The van der Waals surface area contributed by atoms with E-state index in [0.29, 0.717) is 4.90 Å². The molecular formula is C14H15NO2S2. The highest BCUT2D eigenvalue weighted by molar-refractivity contribution is 7.99. The van der Waals surface area contributed by atoms with Crippen LogP contribution in [-0.2, 0) is 9.84 Å². The van der Waals surface area contributed by atoms with Crippen LogP contribution in [0.15, 0.2) is 57.2 Å². The molecule has 2 aromatic carbocycles. The summed E-state index contributed by atoms with van der Waals surface area (Å²) >= 11 is 1.55. The molecule has 0 heterocycles. The molecule has 0 aromatic heterocycles. The lowest BCUT2D eigenvalue weighted by Gasteiger charge is -2.05. The highest BCUT2D eigenvalue weighted by Crippen LogP contribution is 2.30. The van der Waals surface area contributed by atoms with E-state index in [-0.39, 0.29) is 0 Å². The zero-order valence-corrected chi connectivity index (χ0v) is 12.4. The van der Waals surface area contributed by atoms with Crippen molar-refractivity contribution in [3.8, 4) is 0 Å². The van der Waals surface area contributed by atoms with E-state index in [1.165, 1.54) is 6.26 Å². The second-order valence-electron chi connectivity index (χ2n) is 4.36. The summed E-state index contributed by atoms with van der Waals surface area (Å²) in [7, 11) is -3.13. The van der Waals surface area contributed by atoms with Gasteiger partial charge in [0.25, 0.3) is 0 Å². The van der Waals surface area contributed by atoms with Crippen molar-refractivity contribution in [2.75, 3.05) is 12.0 Å². The molecule has 0 aliphatic carbocycles. The summed E-state index contributed by atoms with van der Waals surface area (Å²) in [6.45, 7) is 1.96. The van der Waals surface area contributed by atoms with Crippen LogP contribution in [-0.4, -0.2) is 14.7 Å². The molecule has 0 bridgehead atoms. The minimum Gasteiger partial charge on any atom is -0.398 e. The Morgan fingerprint density at radius 2 is 1.58 bits per heavy atom. The van der Waals surface area contributed by atoms with Crippen LogP contribution in [0.25, 0.3) is 0 Å². The Hall–Kier alpha value is -1.46. The van der Waals surface area contributed by atoms with Gasteiger partial charge in [-0.2, -0.15) is 0 Å². The molecule has 0 radical (unpaired) electrons. The molecule has 2 aromatic rings. The van der Waals surface area contributed by atoms with E-state index < -0.39 is 9.84 Å². The van der Waals surface area contributed by atoms with Crippen molar-refractivity contribution in [3.63, 3.8) is 0 Å². The Morgan fingerprint density at radius 1 is 1.00 bits per heavy atom. The first-order valence-electron chi connectivity index (χ1n) is 5.70. The Morgan fingerprint density at radius 3 is 2.11 bits per heavy atom. The molecule has 3 nitrogen and oxygen atoms in total. The number of aryl methyl sites for hydroxylation is 1. The number of hydrogen-bond donors (Lipinski definition) is 1. The Bertz CT molecular complexity index is 692. The molecule has 0 saturated heterocycles. The van der Waals surface area contributed by atoms with E-state index in [1.807, 2.05) is 25.1 Å². The summed E-state index contributed by atoms with van der Waals surface area (Å²) in [5, 5.41) is 0. The lowest BCUT2D eigenvalue weighted by atomic mass is 10.2. The fourth-order valence-corrected chi connectivity index (χ4v) is 3.07. The average molecular weight is 293 g/mol. The topological polar surface area (TPSA) is 60.2 Å². The van der Waals surface area contributed by atoms with Crippen molar-refractivity contribution in [3.05, 3.63) is 48.0 Å². The molecule has 2 rings (SSSR count). The number of sulfone groups is 1. The highest BCUT2D eigenvalue weighted by atomic mass is 32.2. The Labute approximate surface area is 117 Å². The normalized spacial score (nSPS) is 11.5. The third-order valence-corrected chi connectivity index (χ3v) is 4.86. The van der Waals surface area contributed by atoms with E-state index in [2.05, 4.69) is 0 Å². The van der Waals surface area contributed by atoms with E-state index in [9.17, 15) is 8.42 Å². The molecule has 0 saturated carbocycles. The van der Waals surface area contributed by atoms with E-state index in [4.69, 9.17) is 5.73 Å². The largest absolute Gasteiger partial charge is 0.398 e. The van der Waals surface area contributed by atoms with E-state index in [1.54, 1.807) is 36.0 Å². The van der Waals surface area contributed by atoms with Crippen LogP contribution in [0.5, 0.6) is 0 Å². The van der Waals surface area contributed by atoms with E-state index >= 15 is 0 Å². The average Bonchev–Trinajstić information content (AvgIpc) is 2.33. The summed E-state index contributed by atoms with van der Waals surface area (Å²) in [6, 6.07) is 12.7. The van der Waals surface area contributed by atoms with Gasteiger partial charge in [0.2, 0.25) is 0 Å². The third kappa shape index (κ3) is 3.52. The van der Waals surface area contributed by atoms with Gasteiger partial charge in [-0.05, 0) is 48.9 Å². The molecule has 100 valence electrons. The van der Waals surface area contributed by atoms with Crippen molar-refractivity contribution >= 4 is 27.3 Å². The van der Waals surface area contributed by atoms with Crippen molar-refractivity contribution in [2.45, 2.75) is 21.6 Å². The first-order chi connectivity index (χ1) is 8.86. The Kier molecular flexibility index (Phi) is 3.87. The maximum Gasteiger partial charge on any atom is 0.175 e. The summed E-state index contributed by atoms with van der Waals surface area (Å²) in [5.74, 6) is 0. The summed E-state index contributed by atoms with van der Waals surface area (Å²) in [6.07, 6.45) is 1.20. The molecule has 0 fully saturated rings. The molecule has 0 aliphatic rings. The van der Waals surface area contributed by atoms with Crippen molar-refractivity contribution in [1.82, 2.24) is 0 Å². The number of benzene rings is 2. The van der Waals surface area contributed by atoms with Gasteiger partial charge in [0.05, 0.1) is 4.90 Å². The van der Waals surface area contributed by atoms with Crippen LogP contribution in [0.1, 0.15) is 5.56 Å². The van der Waals surface area contributed by atoms with Crippen molar-refractivity contribution < 1.29 is 8.42 Å². The molecule has 0 amide bonds. The van der Waals surface area contributed by atoms with Gasteiger partial charge in [0.1, 0.15) is 0 Å². The molecule has 5 heteroatoms. The first kappa shape index (κ1) is 14.0. The van der Waals surface area contributed by atoms with Crippen molar-refractivity contribution in [2.24, 2.45) is 0 Å². The van der Waals surface area contributed by atoms with Gasteiger partial charge >= 0.3 is 0 Å². The fraction of sp³-hybridized carbons (Fsp3) is 0.143. The Balaban J connectivity index is 2.22. The molecule has 0 spiro atoms. The molecule has 0 unspecified atom stereocenters. The first-order valence-corrected chi connectivity index (χ1v) is 8.41. The summed E-state index contributed by atoms with van der Waals surface area (Å²) in [4.78, 5) is 2.35. The fourth-order valence-electron chi connectivity index (χ4n) is 1.57. The monoisotopic (exact) mass is 293 g/mol. The minimum atomic E-state index is -3.13. The van der Waals surface area contributed by atoms with Gasteiger partial charge in [-0.25, -0.2) is 8.42 Å². The number of hydrogen-bond acceptors (Lipinski definition) is 4. The SMILES string of the molecule is Cc1ccc(Sc2ccc(S(C)(=O)=O)cc2)cc1N. The number of anilines is 1. The zero-order chi connectivity index (χ0) is 14.0.